The van der Waals surface area contributed by atoms with Crippen LogP contribution < -0.4 is 0 Å². The predicted molar refractivity (Wildman–Crippen MR) is 67.3 cm³/mol. The van der Waals surface area contributed by atoms with E-state index < -0.39 is 0 Å². The van der Waals surface area contributed by atoms with E-state index in [2.05, 4.69) is 0 Å². The van der Waals surface area contributed by atoms with Crippen molar-refractivity contribution in [3.8, 4) is 0 Å². The number of carbonyl (C=O) groups excluding carboxylic acids is 1. The second-order valence-corrected chi connectivity index (χ2v) is 4.76. The molecular formula is C12H21NOS. The lowest BCUT2D eigenvalue weighted by Gasteiger charge is -2.23. The molecule has 15 heavy (non-hydrogen) atoms. The van der Waals surface area contributed by atoms with Crippen molar-refractivity contribution in [1.29, 1.82) is 0 Å². The molecule has 1 heterocycles. The third kappa shape index (κ3) is 3.43. The van der Waals surface area contributed by atoms with Gasteiger partial charge in [0.15, 0.2) is 5.78 Å². The Bertz CT molecular complexity index is 291. The summed E-state index contributed by atoms with van der Waals surface area (Å²) in [5, 5.41) is 4.06. The molecule has 0 fully saturated rings. The first-order valence-corrected chi connectivity index (χ1v) is 5.70. The summed E-state index contributed by atoms with van der Waals surface area (Å²) in [7, 11) is 3.89. The summed E-state index contributed by atoms with van der Waals surface area (Å²) in [6, 6.07) is 1.94. The summed E-state index contributed by atoms with van der Waals surface area (Å²) in [6.07, 6.45) is 0. The summed E-state index contributed by atoms with van der Waals surface area (Å²) < 4.78 is 0. The van der Waals surface area contributed by atoms with Gasteiger partial charge in [0.05, 0.1) is 6.04 Å². The highest BCUT2D eigenvalue weighted by Gasteiger charge is 2.24. The molecule has 2 nitrogen and oxygen atoms in total. The molecule has 0 saturated carbocycles. The summed E-state index contributed by atoms with van der Waals surface area (Å²) in [5.74, 6) is 0.371. The molecule has 1 aromatic rings. The van der Waals surface area contributed by atoms with Crippen molar-refractivity contribution in [3.63, 3.8) is 0 Å². The molecule has 1 aromatic heterocycles. The molecule has 0 aliphatic heterocycles. The van der Waals surface area contributed by atoms with Crippen LogP contribution in [-0.2, 0) is 4.79 Å². The lowest BCUT2D eigenvalue weighted by molar-refractivity contribution is -0.126. The van der Waals surface area contributed by atoms with Crippen molar-refractivity contribution >= 4 is 17.1 Å². The first-order valence-electron chi connectivity index (χ1n) is 4.76. The van der Waals surface area contributed by atoms with E-state index in [0.29, 0.717) is 0 Å². The van der Waals surface area contributed by atoms with Gasteiger partial charge in [-0.1, -0.05) is 21.3 Å². The van der Waals surface area contributed by atoms with Gasteiger partial charge in [-0.05, 0) is 36.5 Å². The Kier molecular flexibility index (Phi) is 5.76. The van der Waals surface area contributed by atoms with E-state index >= 15 is 0 Å². The molecule has 0 bridgehead atoms. The summed E-state index contributed by atoms with van der Waals surface area (Å²) in [6.45, 7) is 3.90. The summed E-state index contributed by atoms with van der Waals surface area (Å²) >= 11 is 1.64. The molecule has 3 heteroatoms. The molecule has 0 aliphatic carbocycles. The highest BCUT2D eigenvalue weighted by molar-refractivity contribution is 7.08. The second-order valence-electron chi connectivity index (χ2n) is 3.98. The Labute approximate surface area is 96.9 Å². The van der Waals surface area contributed by atoms with Crippen LogP contribution >= 0.6 is 11.3 Å². The van der Waals surface area contributed by atoms with Crippen molar-refractivity contribution in [2.75, 3.05) is 14.1 Å². The van der Waals surface area contributed by atoms with Gasteiger partial charge in [0, 0.05) is 5.92 Å². The molecule has 0 amide bonds. The van der Waals surface area contributed by atoms with Crippen molar-refractivity contribution in [1.82, 2.24) is 4.90 Å². The van der Waals surface area contributed by atoms with Gasteiger partial charge < -0.3 is 0 Å². The number of carbonyl (C=O) groups is 1. The maximum Gasteiger partial charge on any atom is 0.157 e. The first kappa shape index (κ1) is 14.3. The van der Waals surface area contributed by atoms with Crippen LogP contribution in [0.5, 0.6) is 0 Å². The van der Waals surface area contributed by atoms with Crippen molar-refractivity contribution in [3.05, 3.63) is 22.4 Å². The molecule has 0 saturated heterocycles. The van der Waals surface area contributed by atoms with E-state index in [1.165, 1.54) is 0 Å². The number of Topliss-reactive ketones (excluding diaryl/α,β-unsaturated/α-hetero) is 1. The van der Waals surface area contributed by atoms with E-state index in [9.17, 15) is 4.79 Å². The molecule has 0 aliphatic rings. The van der Waals surface area contributed by atoms with Crippen molar-refractivity contribution in [2.24, 2.45) is 5.92 Å². The monoisotopic (exact) mass is 227 g/mol. The second kappa shape index (κ2) is 6.03. The van der Waals surface area contributed by atoms with Crippen molar-refractivity contribution in [2.45, 2.75) is 27.3 Å². The van der Waals surface area contributed by atoms with Crippen LogP contribution in [0.25, 0.3) is 0 Å². The number of hydrogen-bond donors (Lipinski definition) is 0. The zero-order valence-corrected chi connectivity index (χ0v) is 9.97. The molecule has 0 aromatic carbocycles. The predicted octanol–water partition coefficient (Wildman–Crippen LogP) is 3.21. The van der Waals surface area contributed by atoms with Crippen LogP contribution in [0.3, 0.4) is 0 Å². The lowest BCUT2D eigenvalue weighted by Crippen LogP contribution is -2.30. The number of rotatable bonds is 4. The van der Waals surface area contributed by atoms with Crippen molar-refractivity contribution < 1.29 is 4.79 Å². The molecule has 0 radical (unpaired) electrons. The first-order chi connectivity index (χ1) is 6.54. The summed E-state index contributed by atoms with van der Waals surface area (Å²) in [5.41, 5.74) is 1.11. The Morgan fingerprint density at radius 1 is 1.40 bits per heavy atom. The van der Waals surface area contributed by atoms with Crippen LogP contribution in [0.15, 0.2) is 16.8 Å². The Morgan fingerprint density at radius 3 is 2.33 bits per heavy atom. The van der Waals surface area contributed by atoms with Gasteiger partial charge in [-0.25, -0.2) is 0 Å². The normalized spacial score (nSPS) is 12.7. The highest BCUT2D eigenvalue weighted by atomic mass is 32.1. The van der Waals surface area contributed by atoms with Gasteiger partial charge in [-0.2, -0.15) is 11.3 Å². The fraction of sp³-hybridized carbons (Fsp3) is 0.583. The largest absolute Gasteiger partial charge is 0.297 e. The number of likely N-dealkylation sites (N-methyl/N-ethyl adjacent to an activating group) is 1. The molecule has 1 rings (SSSR count). The maximum atomic E-state index is 11.9. The maximum absolute atomic E-state index is 11.9. The minimum atomic E-state index is -0.0822. The third-order valence-corrected chi connectivity index (χ3v) is 2.92. The van der Waals surface area contributed by atoms with Gasteiger partial charge >= 0.3 is 0 Å². The standard InChI is InChI=1S/C11H17NOS.CH4/c1-8(2)11(13)10(12(3)4)9-5-6-14-7-9;/h5-8,10H,1-4H3;1H4. The number of ketones is 1. The van der Waals surface area contributed by atoms with E-state index in [4.69, 9.17) is 0 Å². The van der Waals surface area contributed by atoms with E-state index in [-0.39, 0.29) is 25.2 Å². The molecule has 0 N–H and O–H groups in total. The van der Waals surface area contributed by atoms with Crippen LogP contribution in [0, 0.1) is 5.92 Å². The number of nitrogens with zero attached hydrogens (tertiary/aromatic N) is 1. The Balaban J connectivity index is 0.00000196. The highest BCUT2D eigenvalue weighted by Crippen LogP contribution is 2.24. The SMILES string of the molecule is C.CC(C)C(=O)C(c1ccsc1)N(C)C. The third-order valence-electron chi connectivity index (χ3n) is 2.21. The Morgan fingerprint density at radius 2 is 2.00 bits per heavy atom. The minimum absolute atomic E-state index is 0. The van der Waals surface area contributed by atoms with Gasteiger partial charge in [0.2, 0.25) is 0 Å². The molecule has 1 atom stereocenters. The average Bonchev–Trinajstić information content (AvgIpc) is 2.56. The molecule has 86 valence electrons. The quantitative estimate of drug-likeness (QED) is 0.787. The molecule has 1 unspecified atom stereocenters. The molecule has 0 spiro atoms. The Hall–Kier alpha value is -0.670. The van der Waals surface area contributed by atoms with Crippen LogP contribution in [0.1, 0.15) is 32.9 Å². The number of thiophene rings is 1. The van der Waals surface area contributed by atoms with Gasteiger partial charge in [0.1, 0.15) is 0 Å². The van der Waals surface area contributed by atoms with Crippen LogP contribution in [0.4, 0.5) is 0 Å². The van der Waals surface area contributed by atoms with Gasteiger partial charge in [-0.15, -0.1) is 0 Å². The van der Waals surface area contributed by atoms with Crippen LogP contribution in [-0.4, -0.2) is 24.8 Å². The summed E-state index contributed by atoms with van der Waals surface area (Å²) in [4.78, 5) is 13.9. The van der Waals surface area contributed by atoms with E-state index in [0.717, 1.165) is 5.56 Å². The topological polar surface area (TPSA) is 20.3 Å². The van der Waals surface area contributed by atoms with Gasteiger partial charge in [0.25, 0.3) is 0 Å². The lowest BCUT2D eigenvalue weighted by atomic mass is 9.96. The van der Waals surface area contributed by atoms with E-state index in [1.54, 1.807) is 11.3 Å². The fourth-order valence-corrected chi connectivity index (χ4v) is 2.14. The fourth-order valence-electron chi connectivity index (χ4n) is 1.46. The average molecular weight is 227 g/mol. The smallest absolute Gasteiger partial charge is 0.157 e. The van der Waals surface area contributed by atoms with Gasteiger partial charge in [-0.3, -0.25) is 9.69 Å². The molecular weight excluding hydrogens is 206 g/mol. The van der Waals surface area contributed by atoms with Crippen LogP contribution in [0.2, 0.25) is 0 Å². The number of hydrogen-bond acceptors (Lipinski definition) is 3. The van der Waals surface area contributed by atoms with E-state index in [1.807, 2.05) is 49.7 Å². The zero-order valence-electron chi connectivity index (χ0n) is 9.15. The minimum Gasteiger partial charge on any atom is -0.297 e. The zero-order chi connectivity index (χ0) is 10.7.